The first-order valence-electron chi connectivity index (χ1n) is 7.28. The maximum absolute atomic E-state index is 12.7. The van der Waals surface area contributed by atoms with Crippen LogP contribution in [0.2, 0.25) is 0 Å². The minimum atomic E-state index is -0.447. The van der Waals surface area contributed by atoms with Gasteiger partial charge >= 0.3 is 5.97 Å². The lowest BCUT2D eigenvalue weighted by molar-refractivity contribution is 0.0599. The molecule has 0 saturated heterocycles. The Kier molecular flexibility index (Phi) is 5.25. The van der Waals surface area contributed by atoms with Crippen LogP contribution in [-0.2, 0) is 11.2 Å². The molecule has 23 heavy (non-hydrogen) atoms. The number of H-pyrrole nitrogens is 2. The van der Waals surface area contributed by atoms with Gasteiger partial charge in [-0.05, 0) is 26.3 Å². The zero-order valence-corrected chi connectivity index (χ0v) is 14.6. The number of aromatic amines is 2. The van der Waals surface area contributed by atoms with Crippen molar-refractivity contribution in [2.45, 2.75) is 44.5 Å². The van der Waals surface area contributed by atoms with Gasteiger partial charge in [-0.25, -0.2) is 9.78 Å². The van der Waals surface area contributed by atoms with Crippen LogP contribution in [0.5, 0.6) is 0 Å². The van der Waals surface area contributed by atoms with Crippen LogP contribution >= 0.6 is 11.8 Å². The van der Waals surface area contributed by atoms with Crippen LogP contribution in [0.15, 0.2) is 5.16 Å². The number of aryl methyl sites for hydroxylation is 2. The van der Waals surface area contributed by atoms with Gasteiger partial charge < -0.3 is 9.72 Å². The summed E-state index contributed by atoms with van der Waals surface area (Å²) < 4.78 is 4.76. The van der Waals surface area contributed by atoms with Gasteiger partial charge in [0.15, 0.2) is 5.78 Å². The lowest BCUT2D eigenvalue weighted by Crippen LogP contribution is -2.15. The van der Waals surface area contributed by atoms with Gasteiger partial charge in [-0.3, -0.25) is 9.89 Å². The van der Waals surface area contributed by atoms with Gasteiger partial charge in [-0.15, -0.1) is 5.10 Å². The Bertz CT molecular complexity index is 735. The number of methoxy groups -OCH3 is 1. The zero-order chi connectivity index (χ0) is 17.1. The molecule has 0 bridgehead atoms. The number of Topliss-reactive ketones (excluding diaryl/α,β-unsaturated/α-hetero) is 1. The summed E-state index contributed by atoms with van der Waals surface area (Å²) in [6.45, 7) is 7.25. The number of ketones is 1. The fourth-order valence-corrected chi connectivity index (χ4v) is 3.11. The van der Waals surface area contributed by atoms with E-state index in [1.807, 2.05) is 6.92 Å². The molecule has 0 aliphatic heterocycles. The highest BCUT2D eigenvalue weighted by Gasteiger charge is 2.26. The van der Waals surface area contributed by atoms with Crippen LogP contribution in [0.3, 0.4) is 0 Å². The molecule has 2 heterocycles. The van der Waals surface area contributed by atoms with Crippen molar-refractivity contribution in [3.63, 3.8) is 0 Å². The fourth-order valence-electron chi connectivity index (χ4n) is 2.31. The maximum Gasteiger partial charge on any atom is 0.339 e. The number of nitrogens with one attached hydrogen (secondary N) is 2. The molecule has 1 atom stereocenters. The topological polar surface area (TPSA) is 101 Å². The SMILES string of the molecule is CCc1nc(SC(C)C(=O)c2[nH]c(C)c(C(=O)OC)c2C)n[nH]1. The molecular weight excluding hydrogens is 316 g/mol. The molecule has 124 valence electrons. The third-order valence-corrected chi connectivity index (χ3v) is 4.53. The zero-order valence-electron chi connectivity index (χ0n) is 13.8. The molecule has 2 N–H and O–H groups in total. The standard InChI is InChI=1S/C15H20N4O3S/c1-6-10-17-15(19-18-10)23-9(4)13(20)12-7(2)11(8(3)16-12)14(21)22-5/h9,16H,6H2,1-5H3,(H,17,18,19). The Morgan fingerprint density at radius 2 is 2.04 bits per heavy atom. The average Bonchev–Trinajstić information content (AvgIpc) is 3.10. The summed E-state index contributed by atoms with van der Waals surface area (Å²) in [5.41, 5.74) is 2.07. The van der Waals surface area contributed by atoms with E-state index in [-0.39, 0.29) is 11.0 Å². The number of rotatable bonds is 6. The van der Waals surface area contributed by atoms with Gasteiger partial charge in [0.1, 0.15) is 5.82 Å². The van der Waals surface area contributed by atoms with Crippen molar-refractivity contribution in [2.24, 2.45) is 0 Å². The van der Waals surface area contributed by atoms with Crippen molar-refractivity contribution >= 4 is 23.5 Å². The summed E-state index contributed by atoms with van der Waals surface area (Å²) in [4.78, 5) is 31.7. The molecule has 8 heteroatoms. The van der Waals surface area contributed by atoms with Crippen molar-refractivity contribution in [2.75, 3.05) is 7.11 Å². The fraction of sp³-hybridized carbons (Fsp3) is 0.467. The molecule has 0 saturated carbocycles. The van der Waals surface area contributed by atoms with Gasteiger partial charge in [-0.1, -0.05) is 18.7 Å². The highest BCUT2D eigenvalue weighted by Crippen LogP contribution is 2.26. The van der Waals surface area contributed by atoms with Gasteiger partial charge in [0.2, 0.25) is 5.16 Å². The molecule has 0 spiro atoms. The van der Waals surface area contributed by atoms with Crippen LogP contribution in [0, 0.1) is 13.8 Å². The number of hydrogen-bond acceptors (Lipinski definition) is 6. The highest BCUT2D eigenvalue weighted by atomic mass is 32.2. The van der Waals surface area contributed by atoms with Gasteiger partial charge in [0, 0.05) is 12.1 Å². The minimum Gasteiger partial charge on any atom is -0.465 e. The number of nitrogens with zero attached hydrogens (tertiary/aromatic N) is 2. The predicted molar refractivity (Wildman–Crippen MR) is 87.0 cm³/mol. The van der Waals surface area contributed by atoms with Crippen molar-refractivity contribution in [3.8, 4) is 0 Å². The number of hydrogen-bond donors (Lipinski definition) is 2. The largest absolute Gasteiger partial charge is 0.465 e. The van der Waals surface area contributed by atoms with Crippen LogP contribution in [0.25, 0.3) is 0 Å². The number of ether oxygens (including phenoxy) is 1. The van der Waals surface area contributed by atoms with E-state index in [0.29, 0.717) is 27.7 Å². The molecule has 0 aromatic carbocycles. The van der Waals surface area contributed by atoms with Crippen LogP contribution in [0.4, 0.5) is 0 Å². The van der Waals surface area contributed by atoms with Crippen LogP contribution < -0.4 is 0 Å². The molecule has 2 rings (SSSR count). The second-order valence-electron chi connectivity index (χ2n) is 5.16. The molecule has 0 aliphatic carbocycles. The number of carbonyl (C=O) groups excluding carboxylic acids is 2. The maximum atomic E-state index is 12.7. The number of thioether (sulfide) groups is 1. The van der Waals surface area contributed by atoms with Crippen molar-refractivity contribution in [1.29, 1.82) is 0 Å². The van der Waals surface area contributed by atoms with E-state index >= 15 is 0 Å². The summed E-state index contributed by atoms with van der Waals surface area (Å²) in [6.07, 6.45) is 0.757. The average molecular weight is 336 g/mol. The van der Waals surface area contributed by atoms with E-state index in [4.69, 9.17) is 4.74 Å². The quantitative estimate of drug-likeness (QED) is 0.477. The number of esters is 1. The van der Waals surface area contributed by atoms with Crippen LogP contribution in [0.1, 0.15) is 51.8 Å². The van der Waals surface area contributed by atoms with E-state index in [0.717, 1.165) is 12.2 Å². The second-order valence-corrected chi connectivity index (χ2v) is 6.47. The Morgan fingerprint density at radius 1 is 1.35 bits per heavy atom. The summed E-state index contributed by atoms with van der Waals surface area (Å²) in [5.74, 6) is 0.234. The van der Waals surface area contributed by atoms with Crippen LogP contribution in [-0.4, -0.2) is 44.3 Å². The lowest BCUT2D eigenvalue weighted by atomic mass is 10.1. The summed E-state index contributed by atoms with van der Waals surface area (Å²) >= 11 is 1.28. The molecule has 0 amide bonds. The second kappa shape index (κ2) is 6.99. The molecule has 7 nitrogen and oxygen atoms in total. The number of aromatic nitrogens is 4. The third kappa shape index (κ3) is 3.47. The monoisotopic (exact) mass is 336 g/mol. The predicted octanol–water partition coefficient (Wildman–Crippen LogP) is 2.46. The Balaban J connectivity index is 2.21. The summed E-state index contributed by atoms with van der Waals surface area (Å²) in [5, 5.41) is 7.07. The van der Waals surface area contributed by atoms with E-state index in [1.165, 1.54) is 18.9 Å². The highest BCUT2D eigenvalue weighted by molar-refractivity contribution is 8.00. The van der Waals surface area contributed by atoms with Crippen molar-refractivity contribution in [3.05, 3.63) is 28.3 Å². The molecule has 0 fully saturated rings. The van der Waals surface area contributed by atoms with Crippen molar-refractivity contribution in [1.82, 2.24) is 20.2 Å². The molecule has 0 radical (unpaired) electrons. The molecular formula is C15H20N4O3S. The van der Waals surface area contributed by atoms with E-state index in [9.17, 15) is 9.59 Å². The minimum absolute atomic E-state index is 0.103. The first kappa shape index (κ1) is 17.3. The number of carbonyl (C=O) groups is 2. The van der Waals surface area contributed by atoms with Crippen molar-refractivity contribution < 1.29 is 14.3 Å². The van der Waals surface area contributed by atoms with E-state index in [2.05, 4.69) is 20.2 Å². The smallest absolute Gasteiger partial charge is 0.339 e. The first-order chi connectivity index (χ1) is 10.9. The molecule has 1 unspecified atom stereocenters. The molecule has 0 aliphatic rings. The molecule has 2 aromatic heterocycles. The molecule has 2 aromatic rings. The van der Waals surface area contributed by atoms with Gasteiger partial charge in [-0.2, -0.15) is 0 Å². The van der Waals surface area contributed by atoms with Gasteiger partial charge in [0.25, 0.3) is 0 Å². The lowest BCUT2D eigenvalue weighted by Gasteiger charge is -2.07. The van der Waals surface area contributed by atoms with Gasteiger partial charge in [0.05, 0.1) is 23.6 Å². The normalized spacial score (nSPS) is 12.2. The van der Waals surface area contributed by atoms with E-state index in [1.54, 1.807) is 20.8 Å². The summed E-state index contributed by atoms with van der Waals surface area (Å²) in [6, 6.07) is 0. The first-order valence-corrected chi connectivity index (χ1v) is 8.16. The van der Waals surface area contributed by atoms with E-state index < -0.39 is 5.97 Å². The Labute approximate surface area is 138 Å². The third-order valence-electron chi connectivity index (χ3n) is 3.57. The summed E-state index contributed by atoms with van der Waals surface area (Å²) in [7, 11) is 1.32. The Morgan fingerprint density at radius 3 is 2.61 bits per heavy atom. The Hall–Kier alpha value is -2.09.